The van der Waals surface area contributed by atoms with Crippen LogP contribution < -0.4 is 0 Å². The Morgan fingerprint density at radius 3 is 1.57 bits per heavy atom. The van der Waals surface area contributed by atoms with Gasteiger partial charge < -0.3 is 18.9 Å². The number of hydrogen-bond acceptors (Lipinski definition) is 4. The molecule has 0 amide bonds. The number of unbranched alkanes of at least 4 members (excludes halogenated alkanes) is 11. The second kappa shape index (κ2) is 22.4. The molecule has 0 aliphatic rings. The van der Waals surface area contributed by atoms with E-state index in [-0.39, 0.29) is 6.79 Å². The van der Waals surface area contributed by atoms with Gasteiger partial charge in [0, 0.05) is 13.5 Å². The Morgan fingerprint density at radius 1 is 0.536 bits per heavy atom. The molecule has 0 unspecified atom stereocenters. The fourth-order valence-corrected chi connectivity index (χ4v) is 3.03. The summed E-state index contributed by atoms with van der Waals surface area (Å²) in [4.78, 5) is 0. The van der Waals surface area contributed by atoms with Gasteiger partial charge in [0.25, 0.3) is 0 Å². The molecule has 0 saturated heterocycles. The summed E-state index contributed by atoms with van der Waals surface area (Å²) in [5, 5.41) is 0. The molecule has 168 valence electrons. The third-order valence-electron chi connectivity index (χ3n) is 4.80. The summed E-state index contributed by atoms with van der Waals surface area (Å²) < 4.78 is 23.0. The van der Waals surface area contributed by atoms with Crippen LogP contribution in [0, 0.1) is 0 Å². The van der Waals surface area contributed by atoms with E-state index in [0.717, 1.165) is 38.0 Å². The summed E-state index contributed by atoms with van der Waals surface area (Å²) in [5.41, 5.74) is 0. The lowest BCUT2D eigenvalue weighted by Crippen LogP contribution is -2.09. The van der Waals surface area contributed by atoms with E-state index in [4.69, 9.17) is 18.9 Å². The molecule has 0 aromatic rings. The Hall–Kier alpha value is -0.900. The highest BCUT2D eigenvalue weighted by Gasteiger charge is 2.13. The van der Waals surface area contributed by atoms with Crippen LogP contribution in [0.25, 0.3) is 0 Å². The smallest absolute Gasteiger partial charge is 0.321 e. The lowest BCUT2D eigenvalue weighted by Gasteiger charge is -2.17. The van der Waals surface area contributed by atoms with Crippen LogP contribution in [0.3, 0.4) is 0 Å². The normalized spacial score (nSPS) is 12.0. The quantitative estimate of drug-likeness (QED) is 0.106. The Bertz CT molecular complexity index is 341. The van der Waals surface area contributed by atoms with Crippen molar-refractivity contribution in [2.75, 3.05) is 27.1 Å². The molecule has 0 radical (unpaired) electrons. The first-order valence-corrected chi connectivity index (χ1v) is 11.9. The summed E-state index contributed by atoms with van der Waals surface area (Å²) in [6.07, 6.45) is 18.0. The molecular weight excluding hydrogens is 352 g/mol. The first kappa shape index (κ1) is 27.1. The fraction of sp³-hybridized carbons (Fsp3) is 0.917. The fourth-order valence-electron chi connectivity index (χ4n) is 3.03. The minimum atomic E-state index is 0.198. The maximum atomic E-state index is 6.13. The molecule has 0 aromatic heterocycles. The molecule has 0 aliphatic heterocycles. The monoisotopic (exact) mass is 400 g/mol. The number of ether oxygens (including phenoxy) is 4. The Morgan fingerprint density at radius 2 is 1.04 bits per heavy atom. The Balaban J connectivity index is 4.62. The topological polar surface area (TPSA) is 36.9 Å². The summed E-state index contributed by atoms with van der Waals surface area (Å²) >= 11 is 0. The van der Waals surface area contributed by atoms with Gasteiger partial charge in [0.1, 0.15) is 0 Å². The van der Waals surface area contributed by atoms with Crippen molar-refractivity contribution < 1.29 is 18.9 Å². The molecule has 0 N–H and O–H groups in total. The molecule has 28 heavy (non-hydrogen) atoms. The molecule has 0 bridgehead atoms. The van der Waals surface area contributed by atoms with Crippen molar-refractivity contribution in [2.24, 2.45) is 0 Å². The summed E-state index contributed by atoms with van der Waals surface area (Å²) in [5.74, 6) is 1.42. The van der Waals surface area contributed by atoms with Crippen LogP contribution in [-0.4, -0.2) is 27.1 Å². The third kappa shape index (κ3) is 17.2. The molecule has 0 atom stereocenters. The van der Waals surface area contributed by atoms with Crippen LogP contribution in [0.15, 0.2) is 11.7 Å². The minimum Gasteiger partial charge on any atom is -0.491 e. The highest BCUT2D eigenvalue weighted by molar-refractivity contribution is 4.95. The molecule has 4 nitrogen and oxygen atoms in total. The Kier molecular flexibility index (Phi) is 21.7. The van der Waals surface area contributed by atoms with Gasteiger partial charge in [-0.2, -0.15) is 0 Å². The second-order valence-corrected chi connectivity index (χ2v) is 7.60. The van der Waals surface area contributed by atoms with Crippen LogP contribution in [-0.2, 0) is 18.9 Å². The summed E-state index contributed by atoms with van der Waals surface area (Å²) in [6.45, 7) is 8.34. The van der Waals surface area contributed by atoms with Crippen LogP contribution in [0.5, 0.6) is 0 Å². The predicted octanol–water partition coefficient (Wildman–Crippen LogP) is 7.72. The average molecular weight is 401 g/mol. The van der Waals surface area contributed by atoms with E-state index in [2.05, 4.69) is 20.8 Å². The van der Waals surface area contributed by atoms with E-state index in [1.54, 1.807) is 7.11 Å². The molecule has 0 spiro atoms. The standard InChI is InChI=1S/C24H48O4/c1-5-8-11-14-17-20-26-23(19-16-13-10-7-3)24(28-22-25-4)27-21-18-15-12-9-6-2/h5-22H2,1-4H3. The van der Waals surface area contributed by atoms with Crippen molar-refractivity contribution in [3.63, 3.8) is 0 Å². The number of allylic oxidation sites excluding steroid dienone is 1. The van der Waals surface area contributed by atoms with Crippen molar-refractivity contribution in [1.29, 1.82) is 0 Å². The van der Waals surface area contributed by atoms with E-state index in [1.165, 1.54) is 70.6 Å². The second-order valence-electron chi connectivity index (χ2n) is 7.60. The molecule has 0 rings (SSSR count). The molecule has 4 heteroatoms. The van der Waals surface area contributed by atoms with Gasteiger partial charge >= 0.3 is 5.95 Å². The minimum absolute atomic E-state index is 0.198. The van der Waals surface area contributed by atoms with Gasteiger partial charge in [0.05, 0.1) is 13.2 Å². The lowest BCUT2D eigenvalue weighted by molar-refractivity contribution is -0.0692. The van der Waals surface area contributed by atoms with Gasteiger partial charge in [0.2, 0.25) is 0 Å². The zero-order chi connectivity index (χ0) is 20.7. The predicted molar refractivity (Wildman–Crippen MR) is 118 cm³/mol. The lowest BCUT2D eigenvalue weighted by atomic mass is 10.1. The van der Waals surface area contributed by atoms with Gasteiger partial charge in [-0.3, -0.25) is 0 Å². The van der Waals surface area contributed by atoms with Crippen molar-refractivity contribution in [3.05, 3.63) is 11.7 Å². The molecular formula is C24H48O4. The maximum absolute atomic E-state index is 6.13. The first-order valence-electron chi connectivity index (χ1n) is 11.9. The molecule has 0 saturated carbocycles. The van der Waals surface area contributed by atoms with Crippen LogP contribution in [0.1, 0.15) is 117 Å². The van der Waals surface area contributed by atoms with Crippen LogP contribution >= 0.6 is 0 Å². The van der Waals surface area contributed by atoms with E-state index < -0.39 is 0 Å². The maximum Gasteiger partial charge on any atom is 0.321 e. The van der Waals surface area contributed by atoms with Crippen molar-refractivity contribution >= 4 is 0 Å². The highest BCUT2D eigenvalue weighted by atomic mass is 16.7. The number of methoxy groups -OCH3 is 1. The SMILES string of the molecule is CCCCCCCOC(CCCCCC)=C(OCCCCCCC)OCOC. The molecule has 0 heterocycles. The summed E-state index contributed by atoms with van der Waals surface area (Å²) in [7, 11) is 1.64. The van der Waals surface area contributed by atoms with Gasteiger partial charge in [-0.05, 0) is 19.3 Å². The third-order valence-corrected chi connectivity index (χ3v) is 4.80. The van der Waals surface area contributed by atoms with Crippen molar-refractivity contribution in [3.8, 4) is 0 Å². The van der Waals surface area contributed by atoms with E-state index in [1.807, 2.05) is 0 Å². The van der Waals surface area contributed by atoms with E-state index in [0.29, 0.717) is 12.6 Å². The van der Waals surface area contributed by atoms with E-state index >= 15 is 0 Å². The summed E-state index contributed by atoms with van der Waals surface area (Å²) in [6, 6.07) is 0. The van der Waals surface area contributed by atoms with E-state index in [9.17, 15) is 0 Å². The zero-order valence-electron chi connectivity index (χ0n) is 19.4. The number of hydrogen-bond donors (Lipinski definition) is 0. The Labute approximate surface area is 175 Å². The highest BCUT2D eigenvalue weighted by Crippen LogP contribution is 2.20. The average Bonchev–Trinajstić information content (AvgIpc) is 2.71. The number of rotatable bonds is 22. The van der Waals surface area contributed by atoms with Gasteiger partial charge in [-0.25, -0.2) is 0 Å². The molecule has 0 fully saturated rings. The van der Waals surface area contributed by atoms with Crippen LogP contribution in [0.2, 0.25) is 0 Å². The van der Waals surface area contributed by atoms with Gasteiger partial charge in [-0.15, -0.1) is 0 Å². The molecule has 0 aromatic carbocycles. The van der Waals surface area contributed by atoms with Gasteiger partial charge in [0.15, 0.2) is 12.6 Å². The van der Waals surface area contributed by atoms with Gasteiger partial charge in [-0.1, -0.05) is 91.4 Å². The van der Waals surface area contributed by atoms with Crippen molar-refractivity contribution in [1.82, 2.24) is 0 Å². The largest absolute Gasteiger partial charge is 0.491 e. The van der Waals surface area contributed by atoms with Crippen LogP contribution in [0.4, 0.5) is 0 Å². The zero-order valence-corrected chi connectivity index (χ0v) is 19.4. The van der Waals surface area contributed by atoms with Crippen molar-refractivity contribution in [2.45, 2.75) is 117 Å². The molecule has 0 aliphatic carbocycles. The first-order chi connectivity index (χ1) is 13.8.